The molecule has 0 unspecified atom stereocenters. The average molecular weight is 478 g/mol. The van der Waals surface area contributed by atoms with Crippen molar-refractivity contribution in [1.82, 2.24) is 15.3 Å². The molecular weight excluding hydrogens is 442 g/mol. The van der Waals surface area contributed by atoms with Gasteiger partial charge in [0.05, 0.1) is 19.7 Å². The number of hydrogen-bond donors (Lipinski definition) is 2. The van der Waals surface area contributed by atoms with Crippen LogP contribution >= 0.6 is 0 Å². The molecule has 2 N–H and O–H groups in total. The summed E-state index contributed by atoms with van der Waals surface area (Å²) in [5.74, 6) is 3.76. The van der Waals surface area contributed by atoms with Crippen LogP contribution in [0, 0.1) is 11.8 Å². The molecule has 8 nitrogen and oxygen atoms in total. The van der Waals surface area contributed by atoms with Gasteiger partial charge in [-0.2, -0.15) is 4.98 Å². The largest absolute Gasteiger partial charge is 0.493 e. The monoisotopic (exact) mass is 477 g/mol. The Morgan fingerprint density at radius 1 is 0.943 bits per heavy atom. The molecule has 1 aromatic heterocycles. The van der Waals surface area contributed by atoms with E-state index in [1.54, 1.807) is 32.4 Å². The minimum Gasteiger partial charge on any atom is -0.493 e. The first kappa shape index (κ1) is 24.6. The van der Waals surface area contributed by atoms with Gasteiger partial charge in [0.1, 0.15) is 5.82 Å². The molecule has 4 rings (SSSR count). The number of anilines is 2. The summed E-state index contributed by atoms with van der Waals surface area (Å²) in [6.45, 7) is 1.54. The normalized spacial score (nSPS) is 17.6. The Morgan fingerprint density at radius 2 is 1.63 bits per heavy atom. The third-order valence-corrected chi connectivity index (χ3v) is 6.72. The highest BCUT2D eigenvalue weighted by Gasteiger charge is 2.22. The van der Waals surface area contributed by atoms with Crippen LogP contribution in [0.25, 0.3) is 10.9 Å². The third kappa shape index (κ3) is 5.93. The molecule has 3 aromatic rings. The smallest absolute Gasteiger partial charge is 0.251 e. The lowest BCUT2D eigenvalue weighted by Gasteiger charge is -2.29. The molecule has 0 radical (unpaired) electrons. The van der Waals surface area contributed by atoms with Crippen molar-refractivity contribution in [1.29, 1.82) is 0 Å². The molecular formula is C27H35N5O3. The van der Waals surface area contributed by atoms with Crippen LogP contribution in [0.15, 0.2) is 42.5 Å². The molecule has 1 amide bonds. The van der Waals surface area contributed by atoms with Gasteiger partial charge in [-0.25, -0.2) is 4.98 Å². The van der Waals surface area contributed by atoms with Gasteiger partial charge in [0.2, 0.25) is 5.95 Å². The number of carbonyl (C=O) groups is 1. The average Bonchev–Trinajstić information content (AvgIpc) is 2.90. The lowest BCUT2D eigenvalue weighted by Crippen LogP contribution is -2.32. The van der Waals surface area contributed by atoms with Gasteiger partial charge in [0.15, 0.2) is 11.5 Å². The molecule has 0 atom stereocenters. The number of rotatable bonds is 9. The Bertz CT molecular complexity index is 1160. The van der Waals surface area contributed by atoms with Crippen molar-refractivity contribution in [2.75, 3.05) is 51.6 Å². The lowest BCUT2D eigenvalue weighted by atomic mass is 9.82. The maximum Gasteiger partial charge on any atom is 0.251 e. The van der Waals surface area contributed by atoms with E-state index in [-0.39, 0.29) is 5.91 Å². The van der Waals surface area contributed by atoms with E-state index >= 15 is 0 Å². The van der Waals surface area contributed by atoms with Gasteiger partial charge >= 0.3 is 0 Å². The second kappa shape index (κ2) is 11.3. The summed E-state index contributed by atoms with van der Waals surface area (Å²) in [7, 11) is 7.16. The van der Waals surface area contributed by atoms with Gasteiger partial charge < -0.3 is 25.0 Å². The maximum absolute atomic E-state index is 12.6. The van der Waals surface area contributed by atoms with E-state index < -0.39 is 0 Å². The Kier molecular flexibility index (Phi) is 7.90. The fraction of sp³-hybridized carbons (Fsp3) is 0.444. The van der Waals surface area contributed by atoms with Crippen LogP contribution in [-0.4, -0.2) is 57.3 Å². The first-order valence-electron chi connectivity index (χ1n) is 12.2. The number of aromatic nitrogens is 2. The Labute approximate surface area is 207 Å². The molecule has 2 aromatic carbocycles. The minimum atomic E-state index is -0.0834. The molecule has 1 heterocycles. The van der Waals surface area contributed by atoms with Crippen molar-refractivity contribution in [3.8, 4) is 11.5 Å². The molecule has 0 saturated heterocycles. The quantitative estimate of drug-likeness (QED) is 0.473. The maximum atomic E-state index is 12.6. The summed E-state index contributed by atoms with van der Waals surface area (Å²) in [5, 5.41) is 7.61. The van der Waals surface area contributed by atoms with Crippen molar-refractivity contribution < 1.29 is 14.3 Å². The van der Waals surface area contributed by atoms with Gasteiger partial charge in [-0.3, -0.25) is 4.79 Å². The number of nitrogens with zero attached hydrogens (tertiary/aromatic N) is 3. The number of methoxy groups -OCH3 is 2. The summed E-state index contributed by atoms with van der Waals surface area (Å²) in [6.07, 6.45) is 4.44. The van der Waals surface area contributed by atoms with Crippen molar-refractivity contribution in [2.24, 2.45) is 11.8 Å². The molecule has 0 aliphatic heterocycles. The Morgan fingerprint density at radius 3 is 2.31 bits per heavy atom. The fourth-order valence-corrected chi connectivity index (χ4v) is 4.67. The van der Waals surface area contributed by atoms with Crippen molar-refractivity contribution in [2.45, 2.75) is 25.7 Å². The summed E-state index contributed by atoms with van der Waals surface area (Å²) < 4.78 is 10.6. The van der Waals surface area contributed by atoms with Crippen LogP contribution < -0.4 is 25.0 Å². The zero-order chi connectivity index (χ0) is 24.8. The topological polar surface area (TPSA) is 88.6 Å². The standard InChI is InChI=1S/C27H35N5O3/c1-32(2)25-21-7-5-6-8-22(21)30-27(31-25)29-17-19-11-9-18(10-12-19)16-28-26(33)20-13-14-23(34-3)24(15-20)35-4/h5-8,13-15,18-19H,9-12,16-17H2,1-4H3,(H,28,33)(H,29,30,31). The molecule has 0 spiro atoms. The van der Waals surface area contributed by atoms with Gasteiger partial charge in [0.25, 0.3) is 5.91 Å². The summed E-state index contributed by atoms with van der Waals surface area (Å²) in [6, 6.07) is 13.3. The highest BCUT2D eigenvalue weighted by atomic mass is 16.5. The SMILES string of the molecule is COc1ccc(C(=O)NCC2CCC(CNc3nc(N(C)C)c4ccccc4n3)CC2)cc1OC. The second-order valence-electron chi connectivity index (χ2n) is 9.33. The fourth-order valence-electron chi connectivity index (χ4n) is 4.67. The van der Waals surface area contributed by atoms with E-state index in [1.165, 1.54) is 0 Å². The predicted octanol–water partition coefficient (Wildman–Crippen LogP) is 4.36. The van der Waals surface area contributed by atoms with Crippen molar-refractivity contribution in [3.63, 3.8) is 0 Å². The minimum absolute atomic E-state index is 0.0834. The number of carbonyl (C=O) groups excluding carboxylic acids is 1. The molecule has 8 heteroatoms. The highest BCUT2D eigenvalue weighted by Crippen LogP contribution is 2.30. The number of amides is 1. The van der Waals surface area contributed by atoms with E-state index in [4.69, 9.17) is 19.4 Å². The first-order valence-corrected chi connectivity index (χ1v) is 12.2. The molecule has 186 valence electrons. The molecule has 1 aliphatic rings. The zero-order valence-corrected chi connectivity index (χ0v) is 21.0. The number of hydrogen-bond acceptors (Lipinski definition) is 7. The van der Waals surface area contributed by atoms with E-state index in [2.05, 4.69) is 16.7 Å². The molecule has 1 fully saturated rings. The van der Waals surface area contributed by atoms with E-state index in [9.17, 15) is 4.79 Å². The van der Waals surface area contributed by atoms with Crippen LogP contribution in [0.5, 0.6) is 11.5 Å². The van der Waals surface area contributed by atoms with E-state index in [0.717, 1.165) is 48.9 Å². The summed E-state index contributed by atoms with van der Waals surface area (Å²) in [4.78, 5) is 24.1. The number of ether oxygens (including phenoxy) is 2. The van der Waals surface area contributed by atoms with Gasteiger partial charge in [-0.1, -0.05) is 12.1 Å². The Balaban J connectivity index is 1.26. The Hall–Kier alpha value is -3.55. The van der Waals surface area contributed by atoms with Gasteiger partial charge in [-0.05, 0) is 67.9 Å². The molecule has 0 bridgehead atoms. The molecule has 1 aliphatic carbocycles. The number of nitrogens with one attached hydrogen (secondary N) is 2. The van der Waals surface area contributed by atoms with Crippen LogP contribution in [0.1, 0.15) is 36.0 Å². The van der Waals surface area contributed by atoms with Gasteiger partial charge in [0, 0.05) is 38.1 Å². The zero-order valence-electron chi connectivity index (χ0n) is 21.0. The number of fused-ring (bicyclic) bond motifs is 1. The second-order valence-corrected chi connectivity index (χ2v) is 9.33. The first-order chi connectivity index (χ1) is 17.0. The molecule has 1 saturated carbocycles. The number of benzene rings is 2. The predicted molar refractivity (Wildman–Crippen MR) is 140 cm³/mol. The van der Waals surface area contributed by atoms with Crippen LogP contribution in [0.2, 0.25) is 0 Å². The summed E-state index contributed by atoms with van der Waals surface area (Å²) >= 11 is 0. The number of para-hydroxylation sites is 1. The van der Waals surface area contributed by atoms with Crippen LogP contribution in [0.4, 0.5) is 11.8 Å². The van der Waals surface area contributed by atoms with Crippen molar-refractivity contribution >= 4 is 28.6 Å². The van der Waals surface area contributed by atoms with Crippen molar-refractivity contribution in [3.05, 3.63) is 48.0 Å². The lowest BCUT2D eigenvalue weighted by molar-refractivity contribution is 0.0941. The van der Waals surface area contributed by atoms with E-state index in [1.807, 2.05) is 37.2 Å². The molecule has 35 heavy (non-hydrogen) atoms. The van der Waals surface area contributed by atoms with Crippen LogP contribution in [-0.2, 0) is 0 Å². The third-order valence-electron chi connectivity index (χ3n) is 6.72. The highest BCUT2D eigenvalue weighted by molar-refractivity contribution is 5.95. The van der Waals surface area contributed by atoms with Gasteiger partial charge in [-0.15, -0.1) is 0 Å². The van der Waals surface area contributed by atoms with Crippen LogP contribution in [0.3, 0.4) is 0 Å². The van der Waals surface area contributed by atoms with E-state index in [0.29, 0.717) is 41.4 Å². The summed E-state index contributed by atoms with van der Waals surface area (Å²) in [5.41, 5.74) is 1.52.